The molecule has 0 radical (unpaired) electrons. The molecule has 124 valence electrons. The molecule has 5 rings (SSSR count). The minimum absolute atomic E-state index is 0.0292. The van der Waals surface area contributed by atoms with E-state index in [9.17, 15) is 5.11 Å². The van der Waals surface area contributed by atoms with Gasteiger partial charge in [0, 0.05) is 0 Å². The van der Waals surface area contributed by atoms with Crippen LogP contribution in [0.5, 0.6) is 0 Å². The fraction of sp³-hybridized carbons (Fsp3) is 1.00. The Morgan fingerprint density at radius 1 is 0.864 bits per heavy atom. The van der Waals surface area contributed by atoms with Crippen molar-refractivity contribution in [3.05, 3.63) is 0 Å². The van der Waals surface area contributed by atoms with Crippen molar-refractivity contribution < 1.29 is 9.84 Å². The Hall–Kier alpha value is -0.0800. The molecule has 1 N–H and O–H groups in total. The van der Waals surface area contributed by atoms with Crippen molar-refractivity contribution in [1.29, 1.82) is 0 Å². The average molecular weight is 304 g/mol. The van der Waals surface area contributed by atoms with Gasteiger partial charge in [-0.2, -0.15) is 0 Å². The number of hydrogen-bond donors (Lipinski definition) is 1. The smallest absolute Gasteiger partial charge is 0.0919 e. The summed E-state index contributed by atoms with van der Waals surface area (Å²) in [6, 6.07) is 0. The largest absolute Gasteiger partial charge is 0.393 e. The number of ether oxygens (including phenoxy) is 1. The molecule has 0 aromatic carbocycles. The number of aliphatic hydroxyl groups is 1. The molecular weight excluding hydrogens is 272 g/mol. The molecular formula is C20H32O2. The van der Waals surface area contributed by atoms with Gasteiger partial charge in [0.05, 0.1) is 18.3 Å². The molecule has 1 spiro atoms. The molecule has 8 atom stereocenters. The van der Waals surface area contributed by atoms with Gasteiger partial charge in [-0.3, -0.25) is 0 Å². The first-order valence-electron chi connectivity index (χ1n) is 9.79. The van der Waals surface area contributed by atoms with Crippen LogP contribution in [-0.2, 0) is 4.74 Å². The minimum Gasteiger partial charge on any atom is -0.393 e. The maximum Gasteiger partial charge on any atom is 0.0919 e. The Kier molecular flexibility index (Phi) is 2.79. The van der Waals surface area contributed by atoms with Crippen molar-refractivity contribution in [3.63, 3.8) is 0 Å². The zero-order chi connectivity index (χ0) is 15.2. The Bertz CT molecular complexity index is 484. The Morgan fingerprint density at radius 2 is 1.64 bits per heavy atom. The van der Waals surface area contributed by atoms with Crippen molar-refractivity contribution in [3.8, 4) is 0 Å². The molecule has 0 bridgehead atoms. The van der Waals surface area contributed by atoms with Crippen LogP contribution in [0.25, 0.3) is 0 Å². The lowest BCUT2D eigenvalue weighted by atomic mass is 9.44. The van der Waals surface area contributed by atoms with Crippen LogP contribution >= 0.6 is 0 Å². The van der Waals surface area contributed by atoms with Crippen LogP contribution in [0.15, 0.2) is 0 Å². The summed E-state index contributed by atoms with van der Waals surface area (Å²) in [6.45, 7) is 6.06. The molecule has 1 aliphatic heterocycles. The van der Waals surface area contributed by atoms with Crippen molar-refractivity contribution in [2.75, 3.05) is 6.61 Å². The molecule has 4 saturated carbocycles. The van der Waals surface area contributed by atoms with E-state index >= 15 is 0 Å². The van der Waals surface area contributed by atoms with Gasteiger partial charge in [0.25, 0.3) is 0 Å². The number of aliphatic hydroxyl groups excluding tert-OH is 1. The Labute approximate surface area is 135 Å². The molecule has 2 nitrogen and oxygen atoms in total. The maximum atomic E-state index is 10.5. The first-order chi connectivity index (χ1) is 10.5. The van der Waals surface area contributed by atoms with E-state index in [0.717, 1.165) is 36.7 Å². The van der Waals surface area contributed by atoms with Crippen molar-refractivity contribution in [2.45, 2.75) is 83.3 Å². The predicted octanol–water partition coefficient (Wildman–Crippen LogP) is 4.16. The zero-order valence-corrected chi connectivity index (χ0v) is 14.3. The van der Waals surface area contributed by atoms with Gasteiger partial charge in [-0.25, -0.2) is 0 Å². The van der Waals surface area contributed by atoms with Crippen LogP contribution in [0.4, 0.5) is 0 Å². The summed E-state index contributed by atoms with van der Waals surface area (Å²) >= 11 is 0. The third-order valence-corrected chi connectivity index (χ3v) is 9.31. The van der Waals surface area contributed by atoms with Crippen LogP contribution in [0.1, 0.15) is 71.6 Å². The van der Waals surface area contributed by atoms with E-state index in [1.54, 1.807) is 0 Å². The zero-order valence-electron chi connectivity index (χ0n) is 14.3. The van der Waals surface area contributed by atoms with Gasteiger partial charge >= 0.3 is 0 Å². The van der Waals surface area contributed by atoms with Crippen molar-refractivity contribution in [2.24, 2.45) is 34.5 Å². The highest BCUT2D eigenvalue weighted by Crippen LogP contribution is 2.67. The SMILES string of the molecule is CC12CCC3C(CCC4CC5(CCC43C)CO5)C1CCC2O. The number of hydrogen-bond acceptors (Lipinski definition) is 2. The normalized spacial score (nSPS) is 63.1. The lowest BCUT2D eigenvalue weighted by Crippen LogP contribution is -2.54. The van der Waals surface area contributed by atoms with Crippen LogP contribution in [-0.4, -0.2) is 23.4 Å². The summed E-state index contributed by atoms with van der Waals surface area (Å²) in [5.74, 6) is 3.52. The standard InChI is InChI=1S/C20H32O2/c1-18-9-10-20(12-22-20)11-13(18)3-4-14-15-5-6-17(21)19(15,2)8-7-16(14)18/h13-17,21H,3-12H2,1-2H3. The van der Waals surface area contributed by atoms with Gasteiger partial charge < -0.3 is 9.84 Å². The quantitative estimate of drug-likeness (QED) is 0.682. The highest BCUT2D eigenvalue weighted by Gasteiger charge is 2.63. The number of epoxide rings is 1. The molecule has 1 heterocycles. The third-order valence-electron chi connectivity index (χ3n) is 9.31. The van der Waals surface area contributed by atoms with E-state index in [1.807, 2.05) is 0 Å². The maximum absolute atomic E-state index is 10.5. The van der Waals surface area contributed by atoms with Gasteiger partial charge in [-0.15, -0.1) is 0 Å². The number of fused-ring (bicyclic) bond motifs is 5. The predicted molar refractivity (Wildman–Crippen MR) is 86.4 cm³/mol. The molecule has 0 amide bonds. The highest BCUT2D eigenvalue weighted by molar-refractivity contribution is 5.12. The molecule has 22 heavy (non-hydrogen) atoms. The van der Waals surface area contributed by atoms with Gasteiger partial charge in [0.2, 0.25) is 0 Å². The molecule has 5 fully saturated rings. The van der Waals surface area contributed by atoms with E-state index in [-0.39, 0.29) is 11.5 Å². The van der Waals surface area contributed by atoms with Gasteiger partial charge in [-0.1, -0.05) is 13.8 Å². The Balaban J connectivity index is 1.44. The molecule has 0 aromatic rings. The van der Waals surface area contributed by atoms with E-state index < -0.39 is 0 Å². The summed E-state index contributed by atoms with van der Waals surface area (Å²) in [6.07, 6.45) is 11.8. The summed E-state index contributed by atoms with van der Waals surface area (Å²) in [5.41, 5.74) is 1.12. The second-order valence-corrected chi connectivity index (χ2v) is 9.97. The minimum atomic E-state index is -0.0292. The van der Waals surface area contributed by atoms with Crippen LogP contribution < -0.4 is 0 Å². The van der Waals surface area contributed by atoms with Crippen molar-refractivity contribution >= 4 is 0 Å². The summed E-state index contributed by atoms with van der Waals surface area (Å²) in [5, 5.41) is 10.5. The topological polar surface area (TPSA) is 32.8 Å². The second kappa shape index (κ2) is 4.30. The van der Waals surface area contributed by atoms with Gasteiger partial charge in [-0.05, 0) is 92.3 Å². The van der Waals surface area contributed by atoms with Crippen molar-refractivity contribution in [1.82, 2.24) is 0 Å². The summed E-state index contributed by atoms with van der Waals surface area (Å²) in [7, 11) is 0. The fourth-order valence-electron chi connectivity index (χ4n) is 7.64. The Morgan fingerprint density at radius 3 is 2.41 bits per heavy atom. The van der Waals surface area contributed by atoms with E-state index in [1.165, 1.54) is 51.4 Å². The first kappa shape index (κ1) is 14.3. The van der Waals surface area contributed by atoms with Gasteiger partial charge in [0.15, 0.2) is 0 Å². The molecule has 4 aliphatic carbocycles. The van der Waals surface area contributed by atoms with E-state index in [0.29, 0.717) is 11.0 Å². The van der Waals surface area contributed by atoms with Gasteiger partial charge in [0.1, 0.15) is 0 Å². The molecule has 5 aliphatic rings. The third kappa shape index (κ3) is 1.69. The summed E-state index contributed by atoms with van der Waals surface area (Å²) in [4.78, 5) is 0. The van der Waals surface area contributed by atoms with Crippen LogP contribution in [0, 0.1) is 34.5 Å². The second-order valence-electron chi connectivity index (χ2n) is 9.97. The van der Waals surface area contributed by atoms with Crippen LogP contribution in [0.2, 0.25) is 0 Å². The lowest BCUT2D eigenvalue weighted by Gasteiger charge is -2.60. The monoisotopic (exact) mass is 304 g/mol. The van der Waals surface area contributed by atoms with E-state index in [4.69, 9.17) is 4.74 Å². The number of rotatable bonds is 0. The highest BCUT2D eigenvalue weighted by atomic mass is 16.6. The molecule has 2 heteroatoms. The molecule has 8 unspecified atom stereocenters. The summed E-state index contributed by atoms with van der Waals surface area (Å²) < 4.78 is 5.83. The van der Waals surface area contributed by atoms with Crippen LogP contribution in [0.3, 0.4) is 0 Å². The molecule has 0 aromatic heterocycles. The first-order valence-corrected chi connectivity index (χ1v) is 9.79. The lowest BCUT2D eigenvalue weighted by molar-refractivity contribution is -0.128. The molecule has 1 saturated heterocycles. The van der Waals surface area contributed by atoms with E-state index in [2.05, 4.69) is 13.8 Å². The average Bonchev–Trinajstić information content (AvgIpc) is 3.19. The fourth-order valence-corrected chi connectivity index (χ4v) is 7.64.